The van der Waals surface area contributed by atoms with Gasteiger partial charge in [-0.3, -0.25) is 0 Å². The molecule has 0 aromatic heterocycles. The molecule has 14 heavy (non-hydrogen) atoms. The highest BCUT2D eigenvalue weighted by Gasteiger charge is 2.18. The summed E-state index contributed by atoms with van der Waals surface area (Å²) >= 11 is 0. The summed E-state index contributed by atoms with van der Waals surface area (Å²) in [6.07, 6.45) is 0. The highest BCUT2D eigenvalue weighted by molar-refractivity contribution is 5.57. The van der Waals surface area contributed by atoms with Crippen LogP contribution in [0.15, 0.2) is 18.2 Å². The molecule has 0 fully saturated rings. The van der Waals surface area contributed by atoms with E-state index in [1.54, 1.807) is 7.11 Å². The van der Waals surface area contributed by atoms with Crippen LogP contribution in [0.1, 0.15) is 26.3 Å². The predicted octanol–water partition coefficient (Wildman–Crippen LogP) is 3.54. The van der Waals surface area contributed by atoms with Crippen molar-refractivity contribution in [3.63, 3.8) is 0 Å². The molecule has 1 aromatic carbocycles. The first-order chi connectivity index (χ1) is 6.49. The monoisotopic (exact) mass is 189 g/mol. The summed E-state index contributed by atoms with van der Waals surface area (Å²) < 4.78 is 5.15. The van der Waals surface area contributed by atoms with E-state index in [0.29, 0.717) is 5.69 Å². The van der Waals surface area contributed by atoms with Crippen molar-refractivity contribution in [3.8, 4) is 5.75 Å². The first-order valence-corrected chi connectivity index (χ1v) is 4.55. The van der Waals surface area contributed by atoms with Gasteiger partial charge >= 0.3 is 0 Å². The summed E-state index contributed by atoms with van der Waals surface area (Å²) in [7, 11) is 1.64. The van der Waals surface area contributed by atoms with Crippen LogP contribution in [-0.4, -0.2) is 7.11 Å². The summed E-state index contributed by atoms with van der Waals surface area (Å²) in [5, 5.41) is 0. The van der Waals surface area contributed by atoms with Crippen molar-refractivity contribution >= 4 is 5.69 Å². The summed E-state index contributed by atoms with van der Waals surface area (Å²) in [4.78, 5) is 3.51. The molecule has 0 saturated carbocycles. The van der Waals surface area contributed by atoms with Crippen LogP contribution >= 0.6 is 0 Å². The van der Waals surface area contributed by atoms with Gasteiger partial charge in [0.05, 0.1) is 13.7 Å². The second-order valence-corrected chi connectivity index (χ2v) is 4.24. The minimum atomic E-state index is -0.0194. The zero-order valence-electron chi connectivity index (χ0n) is 9.09. The van der Waals surface area contributed by atoms with Gasteiger partial charge in [0, 0.05) is 0 Å². The molecule has 0 spiro atoms. The Morgan fingerprint density at radius 2 is 1.93 bits per heavy atom. The van der Waals surface area contributed by atoms with Crippen molar-refractivity contribution in [1.82, 2.24) is 0 Å². The lowest BCUT2D eigenvalue weighted by molar-refractivity contribution is 0.413. The smallest absolute Gasteiger partial charge is 0.191 e. The van der Waals surface area contributed by atoms with E-state index in [1.807, 2.05) is 18.2 Å². The molecule has 0 amide bonds. The quantitative estimate of drug-likeness (QED) is 0.616. The average molecular weight is 189 g/mol. The standard InChI is InChI=1S/C12H15NO/c1-12(2,3)10-8-9(14-5)6-7-11(10)13-4/h6-8H,1-3,5H3. The highest BCUT2D eigenvalue weighted by Crippen LogP contribution is 2.34. The third kappa shape index (κ3) is 2.05. The lowest BCUT2D eigenvalue weighted by Gasteiger charge is -2.21. The summed E-state index contributed by atoms with van der Waals surface area (Å²) in [6, 6.07) is 5.57. The maximum atomic E-state index is 7.08. The zero-order chi connectivity index (χ0) is 10.8. The van der Waals surface area contributed by atoms with Crippen molar-refractivity contribution in [3.05, 3.63) is 35.2 Å². The third-order valence-corrected chi connectivity index (χ3v) is 2.13. The van der Waals surface area contributed by atoms with Crippen LogP contribution in [0.5, 0.6) is 5.75 Å². The number of hydrogen-bond acceptors (Lipinski definition) is 1. The Morgan fingerprint density at radius 1 is 1.29 bits per heavy atom. The van der Waals surface area contributed by atoms with Gasteiger partial charge in [0.25, 0.3) is 0 Å². The Hall–Kier alpha value is -1.49. The number of benzene rings is 1. The fourth-order valence-corrected chi connectivity index (χ4v) is 1.34. The molecule has 0 N–H and O–H groups in total. The molecule has 0 aliphatic carbocycles. The van der Waals surface area contributed by atoms with E-state index in [2.05, 4.69) is 25.6 Å². The van der Waals surface area contributed by atoms with Crippen molar-refractivity contribution in [2.75, 3.05) is 7.11 Å². The Bertz CT molecular complexity index is 369. The van der Waals surface area contributed by atoms with E-state index in [-0.39, 0.29) is 5.41 Å². The number of methoxy groups -OCH3 is 1. The van der Waals surface area contributed by atoms with Crippen LogP contribution in [0.2, 0.25) is 0 Å². The molecular formula is C12H15NO. The van der Waals surface area contributed by atoms with Crippen molar-refractivity contribution in [2.45, 2.75) is 26.2 Å². The Morgan fingerprint density at radius 3 is 2.36 bits per heavy atom. The zero-order valence-corrected chi connectivity index (χ0v) is 9.09. The third-order valence-electron chi connectivity index (χ3n) is 2.13. The van der Waals surface area contributed by atoms with Crippen LogP contribution in [0, 0.1) is 6.57 Å². The molecule has 2 heteroatoms. The van der Waals surface area contributed by atoms with Crippen LogP contribution in [-0.2, 0) is 5.41 Å². The first-order valence-electron chi connectivity index (χ1n) is 4.55. The van der Waals surface area contributed by atoms with Crippen molar-refractivity contribution in [1.29, 1.82) is 0 Å². The Balaban J connectivity index is 3.31. The molecule has 1 aromatic rings. The fraction of sp³-hybridized carbons (Fsp3) is 0.417. The maximum Gasteiger partial charge on any atom is 0.191 e. The number of nitrogens with zero attached hydrogens (tertiary/aromatic N) is 1. The number of ether oxygens (including phenoxy) is 1. The van der Waals surface area contributed by atoms with Crippen LogP contribution in [0.4, 0.5) is 5.69 Å². The minimum Gasteiger partial charge on any atom is -0.497 e. The van der Waals surface area contributed by atoms with E-state index >= 15 is 0 Å². The van der Waals surface area contributed by atoms with Gasteiger partial charge in [-0.1, -0.05) is 26.8 Å². The molecule has 0 bridgehead atoms. The van der Waals surface area contributed by atoms with Gasteiger partial charge < -0.3 is 4.74 Å². The SMILES string of the molecule is [C-]#[N+]c1ccc(OC)cc1C(C)(C)C. The number of hydrogen-bond donors (Lipinski definition) is 0. The maximum absolute atomic E-state index is 7.08. The van der Waals surface area contributed by atoms with E-state index in [4.69, 9.17) is 11.3 Å². The first kappa shape index (κ1) is 10.6. The van der Waals surface area contributed by atoms with E-state index in [9.17, 15) is 0 Å². The van der Waals surface area contributed by atoms with Gasteiger partial charge in [-0.25, -0.2) is 4.85 Å². The molecular weight excluding hydrogens is 174 g/mol. The van der Waals surface area contributed by atoms with Crippen LogP contribution < -0.4 is 4.74 Å². The summed E-state index contributed by atoms with van der Waals surface area (Å²) in [6.45, 7) is 13.4. The second-order valence-electron chi connectivity index (χ2n) is 4.24. The Labute approximate surface area is 85.3 Å². The highest BCUT2D eigenvalue weighted by atomic mass is 16.5. The summed E-state index contributed by atoms with van der Waals surface area (Å²) in [5.74, 6) is 0.808. The second kappa shape index (κ2) is 3.71. The largest absolute Gasteiger partial charge is 0.497 e. The lowest BCUT2D eigenvalue weighted by Crippen LogP contribution is -2.11. The molecule has 1 rings (SSSR count). The Kier molecular flexibility index (Phi) is 2.81. The molecule has 0 radical (unpaired) electrons. The average Bonchev–Trinajstić information content (AvgIpc) is 2.15. The minimum absolute atomic E-state index is 0.0194. The molecule has 0 aliphatic heterocycles. The normalized spacial score (nSPS) is 10.8. The van der Waals surface area contributed by atoms with Gasteiger partial charge in [0.15, 0.2) is 5.69 Å². The molecule has 0 saturated heterocycles. The molecule has 0 heterocycles. The van der Waals surface area contributed by atoms with Gasteiger partial charge in [0.2, 0.25) is 0 Å². The van der Waals surface area contributed by atoms with E-state index < -0.39 is 0 Å². The number of rotatable bonds is 1. The predicted molar refractivity (Wildman–Crippen MR) is 58.0 cm³/mol. The summed E-state index contributed by atoms with van der Waals surface area (Å²) in [5.41, 5.74) is 1.72. The van der Waals surface area contributed by atoms with Crippen molar-refractivity contribution < 1.29 is 4.74 Å². The van der Waals surface area contributed by atoms with Gasteiger partial charge in [0.1, 0.15) is 5.75 Å². The molecule has 0 unspecified atom stereocenters. The van der Waals surface area contributed by atoms with E-state index in [1.165, 1.54) is 0 Å². The molecule has 0 aliphatic rings. The van der Waals surface area contributed by atoms with Gasteiger partial charge in [-0.05, 0) is 23.1 Å². The van der Waals surface area contributed by atoms with Gasteiger partial charge in [-0.15, -0.1) is 0 Å². The van der Waals surface area contributed by atoms with Gasteiger partial charge in [-0.2, -0.15) is 0 Å². The molecule has 2 nitrogen and oxygen atoms in total. The van der Waals surface area contributed by atoms with Crippen LogP contribution in [0.25, 0.3) is 4.85 Å². The molecule has 0 atom stereocenters. The molecule has 74 valence electrons. The topological polar surface area (TPSA) is 13.6 Å². The fourth-order valence-electron chi connectivity index (χ4n) is 1.34. The van der Waals surface area contributed by atoms with E-state index in [0.717, 1.165) is 11.3 Å². The van der Waals surface area contributed by atoms with Crippen LogP contribution in [0.3, 0.4) is 0 Å². The lowest BCUT2D eigenvalue weighted by atomic mass is 9.86. The van der Waals surface area contributed by atoms with Crippen molar-refractivity contribution in [2.24, 2.45) is 0 Å².